The third kappa shape index (κ3) is 9.36. The Kier molecular flexibility index (Phi) is 13.1. The molecule has 0 unspecified atom stereocenters. The number of hydrogen-bond donors (Lipinski definition) is 1. The van der Waals surface area contributed by atoms with Gasteiger partial charge in [0, 0.05) is 5.69 Å². The zero-order chi connectivity index (χ0) is 26.3. The molecule has 0 atom stereocenters. The molecular weight excluding hydrogens is 452 g/mol. The minimum atomic E-state index is -0.412. The van der Waals surface area contributed by atoms with Crippen molar-refractivity contribution in [2.75, 3.05) is 12.4 Å². The maximum absolute atomic E-state index is 13.3. The fourth-order valence-electron chi connectivity index (χ4n) is 4.32. The summed E-state index contributed by atoms with van der Waals surface area (Å²) in [6, 6.07) is 6.12. The van der Waals surface area contributed by atoms with Crippen LogP contribution in [0.25, 0.3) is 0 Å². The molecule has 8 nitrogen and oxygen atoms in total. The lowest BCUT2D eigenvalue weighted by atomic mass is 9.92. The van der Waals surface area contributed by atoms with Crippen LogP contribution in [-0.2, 0) is 16.2 Å². The third-order valence-electron chi connectivity index (χ3n) is 6.39. The van der Waals surface area contributed by atoms with Gasteiger partial charge in [-0.3, -0.25) is 4.79 Å². The molecule has 0 saturated heterocycles. The Morgan fingerprint density at radius 1 is 0.944 bits per heavy atom. The van der Waals surface area contributed by atoms with Gasteiger partial charge in [-0.05, 0) is 34.6 Å². The zero-order valence-electron chi connectivity index (χ0n) is 23.2. The van der Waals surface area contributed by atoms with Gasteiger partial charge in [0.15, 0.2) is 0 Å². The number of aromatic nitrogens is 4. The summed E-state index contributed by atoms with van der Waals surface area (Å²) in [7, 11) is 1.41. The smallest absolute Gasteiger partial charge is 0.281 e. The van der Waals surface area contributed by atoms with E-state index in [2.05, 4.69) is 60.5 Å². The van der Waals surface area contributed by atoms with Crippen LogP contribution in [0, 0.1) is 0 Å². The number of amides is 1. The highest BCUT2D eigenvalue weighted by atomic mass is 16.6. The quantitative estimate of drug-likeness (QED) is 0.146. The Morgan fingerprint density at radius 3 is 2.03 bits per heavy atom. The van der Waals surface area contributed by atoms with Crippen molar-refractivity contribution >= 4 is 17.3 Å². The van der Waals surface area contributed by atoms with Gasteiger partial charge in [0.05, 0.1) is 6.54 Å². The van der Waals surface area contributed by atoms with Crippen molar-refractivity contribution in [2.24, 2.45) is 5.16 Å². The summed E-state index contributed by atoms with van der Waals surface area (Å²) in [4.78, 5) is 19.8. The number of anilines is 1. The van der Waals surface area contributed by atoms with E-state index in [-0.39, 0.29) is 23.4 Å². The maximum atomic E-state index is 13.3. The molecule has 0 saturated carbocycles. The number of aryl methyl sites for hydroxylation is 1. The van der Waals surface area contributed by atoms with Crippen molar-refractivity contribution in [3.8, 4) is 0 Å². The van der Waals surface area contributed by atoms with E-state index >= 15 is 0 Å². The molecule has 2 aromatic rings. The second-order valence-corrected chi connectivity index (χ2v) is 10.1. The number of nitrogens with zero attached hydrogens (tertiary/aromatic N) is 5. The van der Waals surface area contributed by atoms with Gasteiger partial charge in [-0.1, -0.05) is 116 Å². The minimum absolute atomic E-state index is 0.0140. The van der Waals surface area contributed by atoms with Gasteiger partial charge in [-0.15, -0.1) is 10.2 Å². The van der Waals surface area contributed by atoms with Gasteiger partial charge in [0.1, 0.15) is 7.11 Å². The van der Waals surface area contributed by atoms with Crippen LogP contribution in [0.1, 0.15) is 128 Å². The molecule has 200 valence electrons. The molecule has 1 aromatic carbocycles. The van der Waals surface area contributed by atoms with Crippen molar-refractivity contribution in [1.82, 2.24) is 20.2 Å². The van der Waals surface area contributed by atoms with Crippen LogP contribution in [0.2, 0.25) is 0 Å². The summed E-state index contributed by atoms with van der Waals surface area (Å²) in [5.41, 5.74) is 2.97. The Labute approximate surface area is 217 Å². The molecule has 1 amide bonds. The lowest BCUT2D eigenvalue weighted by Crippen LogP contribution is -2.27. The highest BCUT2D eigenvalue weighted by molar-refractivity contribution is 6.47. The SMILES string of the molecule is CCCCCCCCCCCCn1nnc(C(=NOC)C(=O)Nc2c(C(C)C)cccc2C(C)C)n1. The molecule has 8 heteroatoms. The number of benzene rings is 1. The predicted molar refractivity (Wildman–Crippen MR) is 146 cm³/mol. The van der Waals surface area contributed by atoms with Crippen LogP contribution >= 0.6 is 0 Å². The summed E-state index contributed by atoms with van der Waals surface area (Å²) in [6.07, 6.45) is 12.7. The molecule has 0 aliphatic carbocycles. The first kappa shape index (κ1) is 29.5. The molecule has 0 radical (unpaired) electrons. The molecular formula is C28H46N6O2. The number of para-hydroxylation sites is 1. The monoisotopic (exact) mass is 498 g/mol. The van der Waals surface area contributed by atoms with Crippen LogP contribution in [0.4, 0.5) is 5.69 Å². The molecule has 2 rings (SSSR count). The lowest BCUT2D eigenvalue weighted by Gasteiger charge is -2.20. The summed E-state index contributed by atoms with van der Waals surface area (Å²) in [5.74, 6) is 0.253. The molecule has 1 heterocycles. The molecule has 36 heavy (non-hydrogen) atoms. The first-order valence-corrected chi connectivity index (χ1v) is 13.7. The minimum Gasteiger partial charge on any atom is -0.398 e. The zero-order valence-corrected chi connectivity index (χ0v) is 23.2. The Balaban J connectivity index is 1.95. The summed E-state index contributed by atoms with van der Waals surface area (Å²) in [6.45, 7) is 11.4. The van der Waals surface area contributed by atoms with Crippen molar-refractivity contribution in [2.45, 2.75) is 117 Å². The van der Waals surface area contributed by atoms with Gasteiger partial charge in [0.2, 0.25) is 11.5 Å². The average molecular weight is 499 g/mol. The van der Waals surface area contributed by atoms with E-state index in [1.165, 1.54) is 58.5 Å². The maximum Gasteiger partial charge on any atom is 0.281 e. The molecule has 0 fully saturated rings. The summed E-state index contributed by atoms with van der Waals surface area (Å²) >= 11 is 0. The van der Waals surface area contributed by atoms with E-state index in [0.29, 0.717) is 6.54 Å². The van der Waals surface area contributed by atoms with E-state index < -0.39 is 5.91 Å². The van der Waals surface area contributed by atoms with Gasteiger partial charge < -0.3 is 10.2 Å². The van der Waals surface area contributed by atoms with Crippen molar-refractivity contribution in [3.63, 3.8) is 0 Å². The van der Waals surface area contributed by atoms with Crippen LogP contribution in [0.5, 0.6) is 0 Å². The van der Waals surface area contributed by atoms with Crippen LogP contribution < -0.4 is 5.32 Å². The number of unbranched alkanes of at least 4 members (excludes halogenated alkanes) is 9. The van der Waals surface area contributed by atoms with Gasteiger partial charge >= 0.3 is 0 Å². The molecule has 1 N–H and O–H groups in total. The van der Waals surface area contributed by atoms with E-state index in [1.807, 2.05) is 18.2 Å². The van der Waals surface area contributed by atoms with E-state index in [1.54, 1.807) is 4.80 Å². The topological polar surface area (TPSA) is 94.3 Å². The summed E-state index contributed by atoms with van der Waals surface area (Å²) in [5, 5.41) is 19.6. The standard InChI is InChI=1S/C28H46N6O2/c1-7-8-9-10-11-12-13-14-15-16-20-34-31-27(30-33-34)26(32-36-6)28(35)29-25-23(21(2)3)18-17-19-24(25)22(4)5/h17-19,21-22H,7-16,20H2,1-6H3,(H,29,35). The van der Waals surface area contributed by atoms with Gasteiger partial charge in [-0.2, -0.15) is 4.80 Å². The van der Waals surface area contributed by atoms with Crippen LogP contribution in [0.3, 0.4) is 0 Å². The van der Waals surface area contributed by atoms with Crippen LogP contribution in [-0.4, -0.2) is 38.9 Å². The normalized spacial score (nSPS) is 11.9. The number of nitrogens with one attached hydrogen (secondary N) is 1. The highest BCUT2D eigenvalue weighted by Crippen LogP contribution is 2.32. The number of tetrazole rings is 1. The Hall–Kier alpha value is -2.77. The average Bonchev–Trinajstić information content (AvgIpc) is 3.31. The summed E-state index contributed by atoms with van der Waals surface area (Å²) < 4.78 is 0. The molecule has 0 spiro atoms. The highest BCUT2D eigenvalue weighted by Gasteiger charge is 2.24. The Bertz CT molecular complexity index is 925. The fourth-order valence-corrected chi connectivity index (χ4v) is 4.32. The van der Waals surface area contributed by atoms with Crippen molar-refractivity contribution in [3.05, 3.63) is 35.2 Å². The van der Waals surface area contributed by atoms with Crippen LogP contribution in [0.15, 0.2) is 23.4 Å². The van der Waals surface area contributed by atoms with E-state index in [9.17, 15) is 4.79 Å². The fraction of sp³-hybridized carbons (Fsp3) is 0.679. The van der Waals surface area contributed by atoms with Crippen molar-refractivity contribution < 1.29 is 9.63 Å². The van der Waals surface area contributed by atoms with Gasteiger partial charge in [-0.25, -0.2) is 0 Å². The number of carbonyl (C=O) groups is 1. The lowest BCUT2D eigenvalue weighted by molar-refractivity contribution is -0.110. The first-order valence-electron chi connectivity index (χ1n) is 13.7. The van der Waals surface area contributed by atoms with E-state index in [0.717, 1.165) is 29.7 Å². The molecule has 1 aromatic heterocycles. The Morgan fingerprint density at radius 2 is 1.50 bits per heavy atom. The number of carbonyl (C=O) groups excluding carboxylic acids is 1. The number of oxime groups is 1. The second kappa shape index (κ2) is 16.1. The number of hydrogen-bond acceptors (Lipinski definition) is 6. The molecule has 0 aliphatic rings. The van der Waals surface area contributed by atoms with Gasteiger partial charge in [0.25, 0.3) is 5.91 Å². The predicted octanol–water partition coefficient (Wildman–Crippen LogP) is 6.83. The first-order chi connectivity index (χ1) is 17.4. The third-order valence-corrected chi connectivity index (χ3v) is 6.39. The van der Waals surface area contributed by atoms with Crippen molar-refractivity contribution in [1.29, 1.82) is 0 Å². The van der Waals surface area contributed by atoms with E-state index in [4.69, 9.17) is 4.84 Å². The molecule has 0 aliphatic heterocycles. The number of rotatable bonds is 17. The molecule has 0 bridgehead atoms. The second-order valence-electron chi connectivity index (χ2n) is 10.1. The largest absolute Gasteiger partial charge is 0.398 e.